The molecule has 4 rings (SSSR count). The van der Waals surface area contributed by atoms with Gasteiger partial charge in [-0.1, -0.05) is 67.4 Å². The molecule has 0 heterocycles. The normalized spacial score (nSPS) is 17.3. The van der Waals surface area contributed by atoms with Gasteiger partial charge in [0.1, 0.15) is 11.9 Å². The lowest BCUT2D eigenvalue weighted by molar-refractivity contribution is -0.131. The van der Waals surface area contributed by atoms with Crippen LogP contribution in [0, 0.1) is 11.7 Å². The summed E-state index contributed by atoms with van der Waals surface area (Å²) in [7, 11) is 0. The standard InChI is InChI=1S/C33H39FN4O3/c1-3-37(4-2)33(41)38(27-10-6-5-7-11-27)22-23-14-16-24(17-15-23)28-12-8-9-13-29(28)32(40)36-30(31(35)39)25-18-20-26(34)21-19-25/h5-7,10-11,14-21,28-30H,3-4,8-9,12-13,22H2,1-2H3,(H2,35,39)(H,36,40). The first-order valence-electron chi connectivity index (χ1n) is 14.4. The predicted octanol–water partition coefficient (Wildman–Crippen LogP) is 5.91. The molecule has 1 saturated carbocycles. The van der Waals surface area contributed by atoms with Crippen LogP contribution >= 0.6 is 0 Å². The molecule has 3 aromatic rings. The highest BCUT2D eigenvalue weighted by Crippen LogP contribution is 2.38. The lowest BCUT2D eigenvalue weighted by Gasteiger charge is -2.32. The first-order valence-corrected chi connectivity index (χ1v) is 14.4. The predicted molar refractivity (Wildman–Crippen MR) is 159 cm³/mol. The maximum atomic E-state index is 13.5. The quantitative estimate of drug-likeness (QED) is 0.324. The minimum absolute atomic E-state index is 0.0120. The van der Waals surface area contributed by atoms with E-state index in [-0.39, 0.29) is 23.8 Å². The van der Waals surface area contributed by atoms with Gasteiger partial charge in [-0.15, -0.1) is 0 Å². The number of halogens is 1. The second-order valence-electron chi connectivity index (χ2n) is 10.5. The summed E-state index contributed by atoms with van der Waals surface area (Å²) >= 11 is 0. The molecule has 3 atom stereocenters. The lowest BCUT2D eigenvalue weighted by atomic mass is 9.74. The average molecular weight is 559 g/mol. The molecule has 0 aromatic heterocycles. The van der Waals surface area contributed by atoms with Gasteiger partial charge < -0.3 is 16.0 Å². The largest absolute Gasteiger partial charge is 0.368 e. The minimum Gasteiger partial charge on any atom is -0.368 e. The third kappa shape index (κ3) is 7.31. The summed E-state index contributed by atoms with van der Waals surface area (Å²) in [6.45, 7) is 5.62. The molecular weight excluding hydrogens is 519 g/mol. The van der Waals surface area contributed by atoms with Crippen LogP contribution in [0.15, 0.2) is 78.9 Å². The number of carbonyl (C=O) groups excluding carboxylic acids is 3. The van der Waals surface area contributed by atoms with E-state index >= 15 is 0 Å². The van der Waals surface area contributed by atoms with Crippen LogP contribution in [-0.4, -0.2) is 35.8 Å². The number of para-hydroxylation sites is 1. The Balaban J connectivity index is 1.51. The number of nitrogens with zero attached hydrogens (tertiary/aromatic N) is 2. The number of rotatable bonds is 10. The number of nitrogens with two attached hydrogens (primary N) is 1. The molecule has 3 aromatic carbocycles. The van der Waals surface area contributed by atoms with Crippen LogP contribution in [0.25, 0.3) is 0 Å². The highest BCUT2D eigenvalue weighted by molar-refractivity contribution is 5.92. The average Bonchev–Trinajstić information content (AvgIpc) is 3.00. The van der Waals surface area contributed by atoms with E-state index in [1.54, 1.807) is 9.80 Å². The number of benzene rings is 3. The smallest absolute Gasteiger partial charge is 0.324 e. The number of carbonyl (C=O) groups is 3. The molecule has 0 spiro atoms. The molecule has 8 heteroatoms. The van der Waals surface area contributed by atoms with Crippen molar-refractivity contribution in [3.63, 3.8) is 0 Å². The number of urea groups is 1. The lowest BCUT2D eigenvalue weighted by Crippen LogP contribution is -2.43. The molecule has 216 valence electrons. The van der Waals surface area contributed by atoms with E-state index in [1.165, 1.54) is 24.3 Å². The molecule has 1 aliphatic rings. The molecule has 41 heavy (non-hydrogen) atoms. The van der Waals surface area contributed by atoms with Crippen molar-refractivity contribution in [2.24, 2.45) is 11.7 Å². The fourth-order valence-electron chi connectivity index (χ4n) is 5.66. The monoisotopic (exact) mass is 558 g/mol. The van der Waals surface area contributed by atoms with Gasteiger partial charge in [0, 0.05) is 24.7 Å². The molecule has 3 unspecified atom stereocenters. The SMILES string of the molecule is CCN(CC)C(=O)N(Cc1ccc(C2CCCCC2C(=O)NC(C(N)=O)c2ccc(F)cc2)cc1)c1ccccc1. The van der Waals surface area contributed by atoms with E-state index < -0.39 is 17.8 Å². The van der Waals surface area contributed by atoms with Gasteiger partial charge in [-0.3, -0.25) is 14.5 Å². The summed E-state index contributed by atoms with van der Waals surface area (Å²) in [5.74, 6) is -1.68. The minimum atomic E-state index is -1.03. The van der Waals surface area contributed by atoms with Crippen molar-refractivity contribution in [3.05, 3.63) is 101 Å². The molecule has 0 saturated heterocycles. The third-order valence-corrected chi connectivity index (χ3v) is 7.96. The van der Waals surface area contributed by atoms with Gasteiger partial charge >= 0.3 is 6.03 Å². The van der Waals surface area contributed by atoms with Crippen LogP contribution in [0.5, 0.6) is 0 Å². The van der Waals surface area contributed by atoms with Crippen LogP contribution in [0.1, 0.15) is 68.2 Å². The van der Waals surface area contributed by atoms with Gasteiger partial charge in [0.2, 0.25) is 11.8 Å². The Labute approximate surface area is 241 Å². The molecule has 0 bridgehead atoms. The third-order valence-electron chi connectivity index (χ3n) is 7.96. The summed E-state index contributed by atoms with van der Waals surface area (Å²) < 4.78 is 13.4. The Morgan fingerprint density at radius 3 is 2.15 bits per heavy atom. The number of nitrogens with one attached hydrogen (secondary N) is 1. The van der Waals surface area contributed by atoms with Crippen LogP contribution < -0.4 is 16.0 Å². The van der Waals surface area contributed by atoms with Crippen molar-refractivity contribution >= 4 is 23.5 Å². The Bertz CT molecular complexity index is 1310. The van der Waals surface area contributed by atoms with E-state index in [0.717, 1.165) is 36.1 Å². The van der Waals surface area contributed by atoms with Gasteiger partial charge in [0.25, 0.3) is 0 Å². The van der Waals surface area contributed by atoms with Crippen LogP contribution in [0.4, 0.5) is 14.9 Å². The molecule has 0 radical (unpaired) electrons. The van der Waals surface area contributed by atoms with E-state index in [4.69, 9.17) is 5.73 Å². The maximum absolute atomic E-state index is 13.5. The fourth-order valence-corrected chi connectivity index (χ4v) is 5.66. The number of hydrogen-bond acceptors (Lipinski definition) is 3. The molecular formula is C33H39FN4O3. The van der Waals surface area contributed by atoms with Gasteiger partial charge in [-0.05, 0) is 73.6 Å². The highest BCUT2D eigenvalue weighted by Gasteiger charge is 2.34. The molecule has 0 aliphatic heterocycles. The number of hydrogen-bond donors (Lipinski definition) is 2. The van der Waals surface area contributed by atoms with Crippen LogP contribution in [-0.2, 0) is 16.1 Å². The Morgan fingerprint density at radius 1 is 0.902 bits per heavy atom. The van der Waals surface area contributed by atoms with Crippen LogP contribution in [0.2, 0.25) is 0 Å². The van der Waals surface area contributed by atoms with Gasteiger partial charge in [0.05, 0.1) is 6.54 Å². The first kappa shape index (κ1) is 29.8. The second-order valence-corrected chi connectivity index (χ2v) is 10.5. The Hall–Kier alpha value is -4.20. The van der Waals surface area contributed by atoms with Crippen molar-refractivity contribution in [2.75, 3.05) is 18.0 Å². The highest BCUT2D eigenvalue weighted by atomic mass is 19.1. The number of anilines is 1. The zero-order valence-electron chi connectivity index (χ0n) is 23.8. The van der Waals surface area contributed by atoms with Gasteiger partial charge in [-0.25, -0.2) is 9.18 Å². The molecule has 4 amide bonds. The summed E-state index contributed by atoms with van der Waals surface area (Å²) in [6, 6.07) is 22.1. The first-order chi connectivity index (χ1) is 19.8. The van der Waals surface area contributed by atoms with Gasteiger partial charge in [0.15, 0.2) is 0 Å². The number of amides is 4. The topological polar surface area (TPSA) is 95.7 Å². The summed E-state index contributed by atoms with van der Waals surface area (Å²) in [4.78, 5) is 42.6. The zero-order valence-corrected chi connectivity index (χ0v) is 23.8. The number of primary amides is 1. The van der Waals surface area contributed by atoms with E-state index in [2.05, 4.69) is 5.32 Å². The maximum Gasteiger partial charge on any atom is 0.324 e. The van der Waals surface area contributed by atoms with Crippen molar-refractivity contribution in [3.8, 4) is 0 Å². The van der Waals surface area contributed by atoms with E-state index in [0.29, 0.717) is 31.6 Å². The van der Waals surface area contributed by atoms with Crippen molar-refractivity contribution in [2.45, 2.75) is 58.0 Å². The molecule has 1 fully saturated rings. The van der Waals surface area contributed by atoms with E-state index in [1.807, 2.05) is 68.4 Å². The van der Waals surface area contributed by atoms with Crippen molar-refractivity contribution < 1.29 is 18.8 Å². The van der Waals surface area contributed by atoms with Crippen molar-refractivity contribution in [1.29, 1.82) is 0 Å². The summed E-state index contributed by atoms with van der Waals surface area (Å²) in [6.07, 6.45) is 3.48. The molecule has 1 aliphatic carbocycles. The van der Waals surface area contributed by atoms with E-state index in [9.17, 15) is 18.8 Å². The summed E-state index contributed by atoms with van der Waals surface area (Å²) in [5, 5.41) is 2.83. The fraction of sp³-hybridized carbons (Fsp3) is 0.364. The van der Waals surface area contributed by atoms with Crippen LogP contribution in [0.3, 0.4) is 0 Å². The zero-order chi connectivity index (χ0) is 29.4. The summed E-state index contributed by atoms with van der Waals surface area (Å²) in [5.41, 5.74) is 8.93. The Kier molecular flexibility index (Phi) is 10.1. The van der Waals surface area contributed by atoms with Gasteiger partial charge in [-0.2, -0.15) is 0 Å². The second kappa shape index (κ2) is 13.9. The Morgan fingerprint density at radius 2 is 1.54 bits per heavy atom. The molecule has 3 N–H and O–H groups in total. The molecule has 7 nitrogen and oxygen atoms in total. The van der Waals surface area contributed by atoms with Crippen molar-refractivity contribution in [1.82, 2.24) is 10.2 Å².